The molecular weight excluding hydrogens is 362 g/mol. The van der Waals surface area contributed by atoms with E-state index in [1.54, 1.807) is 7.05 Å². The molecular formula is C18H27N7O3. The van der Waals surface area contributed by atoms with Gasteiger partial charge in [0.25, 0.3) is 5.56 Å². The summed E-state index contributed by atoms with van der Waals surface area (Å²) in [6.45, 7) is 7.13. The van der Waals surface area contributed by atoms with Gasteiger partial charge in [0.05, 0.1) is 5.92 Å². The quantitative estimate of drug-likeness (QED) is 0.744. The van der Waals surface area contributed by atoms with Crippen LogP contribution in [0.2, 0.25) is 0 Å². The van der Waals surface area contributed by atoms with Gasteiger partial charge in [0.2, 0.25) is 11.9 Å². The molecule has 2 fully saturated rings. The summed E-state index contributed by atoms with van der Waals surface area (Å²) < 4.78 is 3.47. The lowest BCUT2D eigenvalue weighted by Crippen LogP contribution is -2.44. The van der Waals surface area contributed by atoms with Crippen molar-refractivity contribution >= 4 is 29.0 Å². The van der Waals surface area contributed by atoms with Crippen LogP contribution in [0.1, 0.15) is 19.8 Å². The van der Waals surface area contributed by atoms with Gasteiger partial charge in [-0.3, -0.25) is 14.2 Å². The Labute approximate surface area is 162 Å². The van der Waals surface area contributed by atoms with Crippen LogP contribution in [0.15, 0.2) is 4.79 Å². The van der Waals surface area contributed by atoms with Gasteiger partial charge >= 0.3 is 5.97 Å². The molecule has 0 saturated carbocycles. The summed E-state index contributed by atoms with van der Waals surface area (Å²) in [6, 6.07) is 0. The molecule has 0 spiro atoms. The number of aliphatic carboxylic acids is 1. The Bertz CT molecular complexity index is 945. The molecule has 28 heavy (non-hydrogen) atoms. The third-order valence-corrected chi connectivity index (χ3v) is 5.71. The van der Waals surface area contributed by atoms with Gasteiger partial charge in [-0.05, 0) is 19.8 Å². The van der Waals surface area contributed by atoms with E-state index in [1.165, 1.54) is 4.57 Å². The van der Waals surface area contributed by atoms with E-state index >= 15 is 0 Å². The van der Waals surface area contributed by atoms with Gasteiger partial charge in [0, 0.05) is 52.9 Å². The summed E-state index contributed by atoms with van der Waals surface area (Å²) >= 11 is 0. The predicted molar refractivity (Wildman–Crippen MR) is 106 cm³/mol. The zero-order valence-electron chi connectivity index (χ0n) is 16.4. The molecule has 1 unspecified atom stereocenters. The van der Waals surface area contributed by atoms with Crippen molar-refractivity contribution in [1.82, 2.24) is 24.4 Å². The molecule has 0 aromatic carbocycles. The number of carboxylic acids is 1. The van der Waals surface area contributed by atoms with Crippen LogP contribution in [0.4, 0.5) is 11.9 Å². The van der Waals surface area contributed by atoms with Crippen molar-refractivity contribution in [1.29, 1.82) is 0 Å². The van der Waals surface area contributed by atoms with E-state index in [2.05, 4.69) is 10.2 Å². The summed E-state index contributed by atoms with van der Waals surface area (Å²) in [7, 11) is 1.70. The van der Waals surface area contributed by atoms with Crippen molar-refractivity contribution in [2.24, 2.45) is 13.0 Å². The summed E-state index contributed by atoms with van der Waals surface area (Å²) in [4.78, 5) is 38.1. The van der Waals surface area contributed by atoms with E-state index in [-0.39, 0.29) is 5.56 Å². The first-order chi connectivity index (χ1) is 13.5. The number of aryl methyl sites for hydroxylation is 1. The van der Waals surface area contributed by atoms with Gasteiger partial charge in [-0.15, -0.1) is 0 Å². The second-order valence-corrected chi connectivity index (χ2v) is 7.46. The van der Waals surface area contributed by atoms with Crippen molar-refractivity contribution in [2.75, 3.05) is 49.1 Å². The number of piperazine rings is 1. The van der Waals surface area contributed by atoms with Gasteiger partial charge in [0.15, 0.2) is 11.2 Å². The largest absolute Gasteiger partial charge is 0.481 e. The number of nitrogens with zero attached hydrogens (tertiary/aromatic N) is 6. The number of hydrogen-bond donors (Lipinski definition) is 2. The van der Waals surface area contributed by atoms with Crippen LogP contribution in [0.3, 0.4) is 0 Å². The molecule has 4 heterocycles. The minimum Gasteiger partial charge on any atom is -0.481 e. The predicted octanol–water partition coefficient (Wildman–Crippen LogP) is -0.139. The molecule has 0 amide bonds. The normalized spacial score (nSPS) is 20.7. The number of nitrogens with one attached hydrogen (secondary N) is 1. The average Bonchev–Trinajstić information content (AvgIpc) is 3.10. The molecule has 4 rings (SSSR count). The highest BCUT2D eigenvalue weighted by molar-refractivity contribution is 5.76. The zero-order chi connectivity index (χ0) is 19.8. The Kier molecular flexibility index (Phi) is 4.96. The third-order valence-electron chi connectivity index (χ3n) is 5.71. The van der Waals surface area contributed by atoms with E-state index in [9.17, 15) is 14.7 Å². The third kappa shape index (κ3) is 3.11. The number of hydrogen-bond acceptors (Lipinski definition) is 7. The number of carboxylic acid groups (broad SMARTS) is 1. The van der Waals surface area contributed by atoms with Crippen LogP contribution in [-0.4, -0.2) is 69.4 Å². The Morgan fingerprint density at radius 3 is 2.57 bits per heavy atom. The first kappa shape index (κ1) is 18.7. The van der Waals surface area contributed by atoms with Crippen LogP contribution in [0.5, 0.6) is 0 Å². The molecule has 2 aliphatic heterocycles. The second-order valence-electron chi connectivity index (χ2n) is 7.46. The fraction of sp³-hybridized carbons (Fsp3) is 0.667. The van der Waals surface area contributed by atoms with Gasteiger partial charge < -0.3 is 24.8 Å². The Morgan fingerprint density at radius 2 is 1.89 bits per heavy atom. The first-order valence-electron chi connectivity index (χ1n) is 9.92. The number of imidazole rings is 1. The highest BCUT2D eigenvalue weighted by atomic mass is 16.4. The van der Waals surface area contributed by atoms with Crippen molar-refractivity contribution in [3.8, 4) is 0 Å². The molecule has 0 bridgehead atoms. The summed E-state index contributed by atoms with van der Waals surface area (Å²) in [5.74, 6) is 0.0388. The lowest BCUT2D eigenvalue weighted by Gasteiger charge is -2.32. The maximum absolute atomic E-state index is 13.2. The van der Waals surface area contributed by atoms with Crippen LogP contribution in [-0.2, 0) is 18.4 Å². The van der Waals surface area contributed by atoms with Crippen molar-refractivity contribution < 1.29 is 9.90 Å². The number of anilines is 2. The van der Waals surface area contributed by atoms with Gasteiger partial charge in [-0.2, -0.15) is 9.97 Å². The van der Waals surface area contributed by atoms with E-state index < -0.39 is 11.9 Å². The zero-order valence-corrected chi connectivity index (χ0v) is 16.4. The molecule has 152 valence electrons. The average molecular weight is 389 g/mol. The molecule has 10 heteroatoms. The second kappa shape index (κ2) is 7.42. The Hall–Kier alpha value is -2.62. The number of fused-ring (bicyclic) bond motifs is 1. The van der Waals surface area contributed by atoms with Crippen LogP contribution in [0.25, 0.3) is 11.2 Å². The van der Waals surface area contributed by atoms with Crippen LogP contribution >= 0.6 is 0 Å². The number of aromatic nitrogens is 4. The van der Waals surface area contributed by atoms with E-state index in [0.29, 0.717) is 43.2 Å². The summed E-state index contributed by atoms with van der Waals surface area (Å²) in [5.41, 5.74) is 0.799. The van der Waals surface area contributed by atoms with Crippen LogP contribution in [0, 0.1) is 5.92 Å². The molecule has 2 aromatic heterocycles. The SMILES string of the molecule is CCn1c(N2CCNCC2)nc2nc(N3CCCC(C(=O)O)C3)n(C)c(=O)c21. The molecule has 2 aromatic rings. The lowest BCUT2D eigenvalue weighted by atomic mass is 9.99. The minimum absolute atomic E-state index is 0.145. The maximum Gasteiger partial charge on any atom is 0.308 e. The minimum atomic E-state index is -0.799. The Balaban J connectivity index is 1.79. The standard InChI is InChI=1S/C18H27N7O3/c1-3-25-13-14(21-18(25)23-9-6-19-7-10-23)20-17(22(2)15(13)26)24-8-4-5-12(11-24)16(27)28/h12,19H,3-11H2,1-2H3,(H,27,28). The summed E-state index contributed by atoms with van der Waals surface area (Å²) in [5, 5.41) is 12.7. The maximum atomic E-state index is 13.2. The first-order valence-corrected chi connectivity index (χ1v) is 9.92. The fourth-order valence-corrected chi connectivity index (χ4v) is 4.19. The number of carbonyl (C=O) groups is 1. The monoisotopic (exact) mass is 389 g/mol. The molecule has 2 aliphatic rings. The lowest BCUT2D eigenvalue weighted by molar-refractivity contribution is -0.141. The van der Waals surface area contributed by atoms with E-state index in [1.807, 2.05) is 16.4 Å². The van der Waals surface area contributed by atoms with Gasteiger partial charge in [-0.25, -0.2) is 0 Å². The van der Waals surface area contributed by atoms with E-state index in [4.69, 9.17) is 9.97 Å². The number of rotatable bonds is 4. The topological polar surface area (TPSA) is 109 Å². The smallest absolute Gasteiger partial charge is 0.308 e. The highest BCUT2D eigenvalue weighted by Gasteiger charge is 2.29. The molecule has 0 aliphatic carbocycles. The van der Waals surface area contributed by atoms with Gasteiger partial charge in [0.1, 0.15) is 0 Å². The summed E-state index contributed by atoms with van der Waals surface area (Å²) in [6.07, 6.45) is 1.42. The van der Waals surface area contributed by atoms with Crippen molar-refractivity contribution in [3.63, 3.8) is 0 Å². The van der Waals surface area contributed by atoms with Gasteiger partial charge in [-0.1, -0.05) is 0 Å². The van der Waals surface area contributed by atoms with Crippen molar-refractivity contribution in [2.45, 2.75) is 26.3 Å². The highest BCUT2D eigenvalue weighted by Crippen LogP contribution is 2.25. The van der Waals surface area contributed by atoms with Crippen LogP contribution < -0.4 is 20.7 Å². The fourth-order valence-electron chi connectivity index (χ4n) is 4.19. The Morgan fingerprint density at radius 1 is 1.18 bits per heavy atom. The number of piperidine rings is 1. The molecule has 0 radical (unpaired) electrons. The van der Waals surface area contributed by atoms with E-state index in [0.717, 1.165) is 38.5 Å². The molecule has 10 nitrogen and oxygen atoms in total. The molecule has 2 N–H and O–H groups in total. The molecule has 2 saturated heterocycles. The molecule has 1 atom stereocenters. The van der Waals surface area contributed by atoms with Crippen molar-refractivity contribution in [3.05, 3.63) is 10.4 Å².